The summed E-state index contributed by atoms with van der Waals surface area (Å²) in [6, 6.07) is 4.95. The lowest BCUT2D eigenvalue weighted by Crippen LogP contribution is -2.36. The van der Waals surface area contributed by atoms with Gasteiger partial charge in [0.2, 0.25) is 0 Å². The summed E-state index contributed by atoms with van der Waals surface area (Å²) in [5, 5.41) is 3.38. The molecule has 3 heteroatoms. The third kappa shape index (κ3) is 5.15. The quantitative estimate of drug-likeness (QED) is 0.764. The lowest BCUT2D eigenvalue weighted by Gasteiger charge is -2.38. The van der Waals surface area contributed by atoms with Crippen LogP contribution in [0.15, 0.2) is 16.5 Å². The van der Waals surface area contributed by atoms with E-state index in [4.69, 9.17) is 4.42 Å². The van der Waals surface area contributed by atoms with E-state index in [0.717, 1.165) is 37.6 Å². The highest BCUT2D eigenvalue weighted by atomic mass is 16.3. The van der Waals surface area contributed by atoms with E-state index in [1.165, 1.54) is 25.7 Å². The van der Waals surface area contributed by atoms with E-state index in [0.29, 0.717) is 11.5 Å². The van der Waals surface area contributed by atoms with E-state index in [-0.39, 0.29) is 0 Å². The molecule has 0 aliphatic heterocycles. The molecule has 1 N–H and O–H groups in total. The molecular formula is C18H32N2O. The number of furan rings is 1. The predicted octanol–water partition coefficient (Wildman–Crippen LogP) is 4.18. The molecular weight excluding hydrogens is 260 g/mol. The maximum absolute atomic E-state index is 5.93. The van der Waals surface area contributed by atoms with Gasteiger partial charge >= 0.3 is 0 Å². The first-order valence-corrected chi connectivity index (χ1v) is 8.49. The fraction of sp³-hybridized carbons (Fsp3) is 0.778. The van der Waals surface area contributed by atoms with Crippen LogP contribution in [0.25, 0.3) is 0 Å². The zero-order valence-electron chi connectivity index (χ0n) is 14.2. The van der Waals surface area contributed by atoms with Gasteiger partial charge in [-0.25, -0.2) is 0 Å². The van der Waals surface area contributed by atoms with Gasteiger partial charge in [0.25, 0.3) is 0 Å². The average molecular weight is 292 g/mol. The second-order valence-corrected chi connectivity index (χ2v) is 7.36. The van der Waals surface area contributed by atoms with E-state index in [2.05, 4.69) is 50.2 Å². The minimum absolute atomic E-state index is 0.542. The van der Waals surface area contributed by atoms with E-state index in [1.54, 1.807) is 0 Å². The van der Waals surface area contributed by atoms with Gasteiger partial charge in [0.1, 0.15) is 11.5 Å². The van der Waals surface area contributed by atoms with Crippen molar-refractivity contribution in [3.05, 3.63) is 23.7 Å². The summed E-state index contributed by atoms with van der Waals surface area (Å²) in [6.07, 6.45) is 6.47. The second kappa shape index (κ2) is 7.46. The summed E-state index contributed by atoms with van der Waals surface area (Å²) in [5.41, 5.74) is 0.542. The summed E-state index contributed by atoms with van der Waals surface area (Å²) < 4.78 is 5.93. The molecule has 3 nitrogen and oxygen atoms in total. The molecule has 0 radical (unpaired) electrons. The van der Waals surface area contributed by atoms with Gasteiger partial charge in [-0.3, -0.25) is 4.90 Å². The molecule has 0 amide bonds. The lowest BCUT2D eigenvalue weighted by atomic mass is 9.75. The van der Waals surface area contributed by atoms with Crippen LogP contribution in [0.3, 0.4) is 0 Å². The van der Waals surface area contributed by atoms with E-state index in [1.807, 2.05) is 0 Å². The highest BCUT2D eigenvalue weighted by Gasteiger charge is 2.28. The van der Waals surface area contributed by atoms with Crippen molar-refractivity contribution in [1.29, 1.82) is 0 Å². The molecule has 1 fully saturated rings. The van der Waals surface area contributed by atoms with Crippen LogP contribution in [0.1, 0.15) is 64.4 Å². The first-order chi connectivity index (χ1) is 10.00. The topological polar surface area (TPSA) is 28.4 Å². The Morgan fingerprint density at radius 3 is 2.57 bits per heavy atom. The monoisotopic (exact) mass is 292 g/mol. The number of hydrogen-bond acceptors (Lipinski definition) is 3. The van der Waals surface area contributed by atoms with Gasteiger partial charge in [-0.15, -0.1) is 0 Å². The van der Waals surface area contributed by atoms with Crippen molar-refractivity contribution >= 4 is 0 Å². The SMILES string of the molecule is CCCNCc1ccc(CN(C)C2CCC(C)(C)CC2)o1. The van der Waals surface area contributed by atoms with Gasteiger partial charge in [-0.2, -0.15) is 0 Å². The number of rotatable bonds is 7. The largest absolute Gasteiger partial charge is 0.463 e. The van der Waals surface area contributed by atoms with Gasteiger partial charge in [-0.1, -0.05) is 20.8 Å². The zero-order chi connectivity index (χ0) is 15.3. The van der Waals surface area contributed by atoms with Crippen LogP contribution in [0.2, 0.25) is 0 Å². The molecule has 1 aliphatic rings. The zero-order valence-corrected chi connectivity index (χ0v) is 14.2. The fourth-order valence-corrected chi connectivity index (χ4v) is 3.19. The summed E-state index contributed by atoms with van der Waals surface area (Å²) in [7, 11) is 2.24. The molecule has 0 spiro atoms. The minimum Gasteiger partial charge on any atom is -0.463 e. The van der Waals surface area contributed by atoms with Crippen molar-refractivity contribution in [2.75, 3.05) is 13.6 Å². The fourth-order valence-electron chi connectivity index (χ4n) is 3.19. The number of hydrogen-bond donors (Lipinski definition) is 1. The maximum Gasteiger partial charge on any atom is 0.118 e. The molecule has 1 aromatic rings. The van der Waals surface area contributed by atoms with Crippen LogP contribution in [0.5, 0.6) is 0 Å². The summed E-state index contributed by atoms with van der Waals surface area (Å²) in [5.74, 6) is 2.15. The maximum atomic E-state index is 5.93. The van der Waals surface area contributed by atoms with Crippen molar-refractivity contribution < 1.29 is 4.42 Å². The Morgan fingerprint density at radius 2 is 1.90 bits per heavy atom. The Hall–Kier alpha value is -0.800. The van der Waals surface area contributed by atoms with Crippen LogP contribution < -0.4 is 5.32 Å². The predicted molar refractivity (Wildman–Crippen MR) is 88.2 cm³/mol. The molecule has 0 saturated heterocycles. The number of nitrogens with zero attached hydrogens (tertiary/aromatic N) is 1. The van der Waals surface area contributed by atoms with E-state index >= 15 is 0 Å². The highest BCUT2D eigenvalue weighted by Crippen LogP contribution is 2.36. The standard InChI is InChI=1S/C18H32N2O/c1-5-12-19-13-16-6-7-17(21-16)14-20(4)15-8-10-18(2,3)11-9-15/h6-7,15,19H,5,8-14H2,1-4H3. The molecule has 0 bridgehead atoms. The highest BCUT2D eigenvalue weighted by molar-refractivity contribution is 5.07. The second-order valence-electron chi connectivity index (χ2n) is 7.36. The number of nitrogens with one attached hydrogen (secondary N) is 1. The molecule has 1 aliphatic carbocycles. The van der Waals surface area contributed by atoms with Crippen molar-refractivity contribution in [3.8, 4) is 0 Å². The van der Waals surface area contributed by atoms with Crippen LogP contribution in [0.4, 0.5) is 0 Å². The molecule has 0 unspecified atom stereocenters. The third-order valence-electron chi connectivity index (χ3n) is 4.78. The van der Waals surface area contributed by atoms with Gasteiger partial charge in [0.05, 0.1) is 13.1 Å². The minimum atomic E-state index is 0.542. The van der Waals surface area contributed by atoms with E-state index < -0.39 is 0 Å². The molecule has 21 heavy (non-hydrogen) atoms. The Bertz CT molecular complexity index is 415. The van der Waals surface area contributed by atoms with Crippen LogP contribution >= 0.6 is 0 Å². The van der Waals surface area contributed by atoms with Gasteiger partial charge < -0.3 is 9.73 Å². The lowest BCUT2D eigenvalue weighted by molar-refractivity contribution is 0.117. The smallest absolute Gasteiger partial charge is 0.118 e. The third-order valence-corrected chi connectivity index (χ3v) is 4.78. The van der Waals surface area contributed by atoms with Gasteiger partial charge in [0.15, 0.2) is 0 Å². The molecule has 2 rings (SSSR count). The summed E-state index contributed by atoms with van der Waals surface area (Å²) >= 11 is 0. The molecule has 0 aromatic carbocycles. The van der Waals surface area contributed by atoms with Crippen LogP contribution in [-0.2, 0) is 13.1 Å². The average Bonchev–Trinajstić information content (AvgIpc) is 2.86. The first kappa shape index (κ1) is 16.6. The van der Waals surface area contributed by atoms with Crippen LogP contribution in [0, 0.1) is 5.41 Å². The van der Waals surface area contributed by atoms with Crippen molar-refractivity contribution in [2.45, 2.75) is 72.0 Å². The molecule has 1 heterocycles. The summed E-state index contributed by atoms with van der Waals surface area (Å²) in [6.45, 7) is 9.79. The molecule has 1 saturated carbocycles. The Labute approximate surface area is 130 Å². The van der Waals surface area contributed by atoms with Crippen molar-refractivity contribution in [1.82, 2.24) is 10.2 Å². The Balaban J connectivity index is 1.79. The van der Waals surface area contributed by atoms with Crippen molar-refractivity contribution in [3.63, 3.8) is 0 Å². The van der Waals surface area contributed by atoms with Gasteiger partial charge in [-0.05, 0) is 63.2 Å². The Morgan fingerprint density at radius 1 is 1.24 bits per heavy atom. The summed E-state index contributed by atoms with van der Waals surface area (Å²) in [4.78, 5) is 2.47. The molecule has 0 atom stereocenters. The van der Waals surface area contributed by atoms with E-state index in [9.17, 15) is 0 Å². The Kier molecular flexibility index (Phi) is 5.88. The van der Waals surface area contributed by atoms with Crippen LogP contribution in [-0.4, -0.2) is 24.5 Å². The normalized spacial score (nSPS) is 19.3. The molecule has 1 aromatic heterocycles. The van der Waals surface area contributed by atoms with Gasteiger partial charge in [0, 0.05) is 6.04 Å². The molecule has 120 valence electrons. The first-order valence-electron chi connectivity index (χ1n) is 8.49. The van der Waals surface area contributed by atoms with Crippen molar-refractivity contribution in [2.24, 2.45) is 5.41 Å².